The molecule has 2 aromatic carbocycles. The zero-order chi connectivity index (χ0) is 14.0. The van der Waals surface area contributed by atoms with Gasteiger partial charge >= 0.3 is 5.97 Å². The number of aliphatic hydroxyl groups excluding tert-OH is 1. The van der Waals surface area contributed by atoms with Crippen LogP contribution in [0.2, 0.25) is 5.02 Å². The Labute approximate surface area is 120 Å². The topological polar surface area (TPSA) is 57.5 Å². The van der Waals surface area contributed by atoms with E-state index >= 15 is 0 Å². The fraction of sp³-hybridized carbons (Fsp3) is 0.214. The van der Waals surface area contributed by atoms with Gasteiger partial charge in [0.25, 0.3) is 0 Å². The number of carboxylic acids is 1. The number of fused-ring (bicyclic) bond motifs is 1. The molecule has 0 bridgehead atoms. The van der Waals surface area contributed by atoms with E-state index in [1.165, 1.54) is 11.8 Å². The molecule has 0 aromatic heterocycles. The Balaban J connectivity index is 2.22. The Morgan fingerprint density at radius 3 is 2.53 bits per heavy atom. The maximum Gasteiger partial charge on any atom is 0.333 e. The summed E-state index contributed by atoms with van der Waals surface area (Å²) in [5.41, 5.74) is 0. The van der Waals surface area contributed by atoms with E-state index in [1.807, 2.05) is 36.4 Å². The normalized spacial score (nSPS) is 14.3. The average Bonchev–Trinajstić information content (AvgIpc) is 2.37. The molecule has 2 rings (SSSR count). The molecule has 0 amide bonds. The summed E-state index contributed by atoms with van der Waals surface area (Å²) < 4.78 is 0. The van der Waals surface area contributed by atoms with E-state index in [-0.39, 0.29) is 0 Å². The number of benzene rings is 2. The van der Waals surface area contributed by atoms with Crippen LogP contribution in [0, 0.1) is 0 Å². The minimum Gasteiger partial charge on any atom is -0.479 e. The zero-order valence-electron chi connectivity index (χ0n) is 10.2. The Morgan fingerprint density at radius 2 is 1.84 bits per heavy atom. The second-order valence-electron chi connectivity index (χ2n) is 4.26. The number of hydrogen-bond acceptors (Lipinski definition) is 3. The van der Waals surface area contributed by atoms with Gasteiger partial charge in [0.15, 0.2) is 6.10 Å². The second kappa shape index (κ2) is 5.82. The van der Waals surface area contributed by atoms with Crippen LogP contribution in [-0.2, 0) is 4.79 Å². The zero-order valence-corrected chi connectivity index (χ0v) is 11.8. The summed E-state index contributed by atoms with van der Waals surface area (Å²) in [6, 6.07) is 11.4. The lowest BCUT2D eigenvalue weighted by atomic mass is 10.1. The number of carboxylic acid groups (broad SMARTS) is 1. The highest BCUT2D eigenvalue weighted by atomic mass is 35.5. The number of carbonyl (C=O) groups is 1. The summed E-state index contributed by atoms with van der Waals surface area (Å²) in [5, 5.41) is 20.6. The van der Waals surface area contributed by atoms with E-state index in [0.717, 1.165) is 15.7 Å². The van der Waals surface area contributed by atoms with Crippen molar-refractivity contribution in [2.45, 2.75) is 23.2 Å². The molecule has 0 spiro atoms. The van der Waals surface area contributed by atoms with Crippen LogP contribution in [0.5, 0.6) is 0 Å². The summed E-state index contributed by atoms with van der Waals surface area (Å²) in [5.74, 6) is -1.20. The molecule has 0 aliphatic rings. The largest absolute Gasteiger partial charge is 0.479 e. The molecule has 1 unspecified atom stereocenters. The minimum absolute atomic E-state index is 0.415. The molecular weight excluding hydrogens is 284 g/mol. The van der Waals surface area contributed by atoms with E-state index in [0.29, 0.717) is 5.02 Å². The van der Waals surface area contributed by atoms with Crippen LogP contribution in [0.25, 0.3) is 10.8 Å². The van der Waals surface area contributed by atoms with E-state index in [2.05, 4.69) is 0 Å². The molecule has 0 fully saturated rings. The number of hydrogen-bond donors (Lipinski definition) is 2. The Morgan fingerprint density at radius 1 is 1.21 bits per heavy atom. The minimum atomic E-state index is -1.37. The van der Waals surface area contributed by atoms with Crippen molar-refractivity contribution in [3.05, 3.63) is 41.4 Å². The van der Waals surface area contributed by atoms with Gasteiger partial charge in [-0.25, -0.2) is 4.79 Å². The number of aliphatic carboxylic acids is 1. The first-order valence-electron chi connectivity index (χ1n) is 5.74. The lowest BCUT2D eigenvalue weighted by molar-refractivity contribution is -0.146. The molecule has 100 valence electrons. The van der Waals surface area contributed by atoms with Gasteiger partial charge in [0, 0.05) is 15.2 Å². The number of thioether (sulfide) groups is 1. The van der Waals surface area contributed by atoms with Crippen LogP contribution in [0.1, 0.15) is 6.92 Å². The van der Waals surface area contributed by atoms with Crippen molar-refractivity contribution in [3.63, 3.8) is 0 Å². The van der Waals surface area contributed by atoms with Gasteiger partial charge < -0.3 is 10.2 Å². The van der Waals surface area contributed by atoms with Crippen LogP contribution in [0.4, 0.5) is 0 Å². The number of rotatable bonds is 4. The third-order valence-electron chi connectivity index (χ3n) is 2.79. The van der Waals surface area contributed by atoms with Gasteiger partial charge in [-0.3, -0.25) is 0 Å². The lowest BCUT2D eigenvalue weighted by Gasteiger charge is -2.14. The molecule has 5 heteroatoms. The molecule has 0 radical (unpaired) electrons. The van der Waals surface area contributed by atoms with Gasteiger partial charge in [0.05, 0.1) is 0 Å². The van der Waals surface area contributed by atoms with Gasteiger partial charge in [0.1, 0.15) is 0 Å². The summed E-state index contributed by atoms with van der Waals surface area (Å²) in [7, 11) is 0. The van der Waals surface area contributed by atoms with Gasteiger partial charge in [0.2, 0.25) is 0 Å². The molecule has 2 N–H and O–H groups in total. The van der Waals surface area contributed by atoms with Crippen LogP contribution in [0.3, 0.4) is 0 Å². The van der Waals surface area contributed by atoms with Crippen molar-refractivity contribution in [3.8, 4) is 0 Å². The van der Waals surface area contributed by atoms with E-state index in [4.69, 9.17) is 16.7 Å². The molecule has 3 nitrogen and oxygen atoms in total. The molecule has 19 heavy (non-hydrogen) atoms. The van der Waals surface area contributed by atoms with E-state index in [1.54, 1.807) is 6.92 Å². The number of aliphatic hydroxyl groups is 1. The maximum atomic E-state index is 10.7. The van der Waals surface area contributed by atoms with Crippen molar-refractivity contribution < 1.29 is 15.0 Å². The van der Waals surface area contributed by atoms with Gasteiger partial charge in [-0.05, 0) is 42.0 Å². The summed E-state index contributed by atoms with van der Waals surface area (Å²) in [6.07, 6.45) is -1.37. The summed E-state index contributed by atoms with van der Waals surface area (Å²) >= 11 is 7.25. The molecule has 0 aliphatic heterocycles. The first-order valence-corrected chi connectivity index (χ1v) is 7.00. The van der Waals surface area contributed by atoms with Gasteiger partial charge in [-0.1, -0.05) is 23.7 Å². The quantitative estimate of drug-likeness (QED) is 0.849. The Bertz CT molecular complexity index is 615. The number of halogens is 1. The van der Waals surface area contributed by atoms with Crippen LogP contribution < -0.4 is 0 Å². The lowest BCUT2D eigenvalue weighted by Crippen LogP contribution is -2.29. The third-order valence-corrected chi connectivity index (χ3v) is 4.18. The van der Waals surface area contributed by atoms with Crippen molar-refractivity contribution in [2.24, 2.45) is 0 Å². The highest BCUT2D eigenvalue weighted by Gasteiger charge is 2.22. The molecule has 0 aliphatic carbocycles. The van der Waals surface area contributed by atoms with Crippen LogP contribution >= 0.6 is 23.4 Å². The molecule has 0 heterocycles. The Kier molecular flexibility index (Phi) is 4.34. The predicted molar refractivity (Wildman–Crippen MR) is 77.9 cm³/mol. The van der Waals surface area contributed by atoms with Gasteiger partial charge in [-0.15, -0.1) is 11.8 Å². The molecular formula is C14H13ClO3S. The molecule has 2 atom stereocenters. The first-order chi connectivity index (χ1) is 8.97. The highest BCUT2D eigenvalue weighted by Crippen LogP contribution is 2.29. The molecule has 0 saturated carbocycles. The summed E-state index contributed by atoms with van der Waals surface area (Å²) in [4.78, 5) is 11.6. The molecule has 2 aromatic rings. The summed E-state index contributed by atoms with van der Waals surface area (Å²) in [6.45, 7) is 1.69. The monoisotopic (exact) mass is 296 g/mol. The molecule has 0 saturated heterocycles. The van der Waals surface area contributed by atoms with Crippen molar-refractivity contribution in [2.75, 3.05) is 0 Å². The SMILES string of the molecule is CC(Sc1ccc2cc(Cl)ccc2c1)[C@@H](O)C(=O)O. The smallest absolute Gasteiger partial charge is 0.333 e. The maximum absolute atomic E-state index is 10.7. The van der Waals surface area contributed by atoms with Crippen LogP contribution in [0.15, 0.2) is 41.3 Å². The first kappa shape index (κ1) is 14.2. The van der Waals surface area contributed by atoms with Crippen molar-refractivity contribution in [1.29, 1.82) is 0 Å². The van der Waals surface area contributed by atoms with Crippen molar-refractivity contribution >= 4 is 40.1 Å². The second-order valence-corrected chi connectivity index (χ2v) is 6.15. The van der Waals surface area contributed by atoms with E-state index < -0.39 is 17.3 Å². The van der Waals surface area contributed by atoms with E-state index in [9.17, 15) is 9.90 Å². The van der Waals surface area contributed by atoms with Gasteiger partial charge in [-0.2, -0.15) is 0 Å². The standard InChI is InChI=1S/C14H13ClO3S/c1-8(13(16)14(17)18)19-12-5-3-9-6-11(15)4-2-10(9)7-12/h2-8,13,16H,1H3,(H,17,18)/t8?,13-/m1/s1. The predicted octanol–water partition coefficient (Wildman–Crippen LogP) is 3.42. The highest BCUT2D eigenvalue weighted by molar-refractivity contribution is 8.00. The van der Waals surface area contributed by atoms with Crippen molar-refractivity contribution in [1.82, 2.24) is 0 Å². The fourth-order valence-electron chi connectivity index (χ4n) is 1.75. The van der Waals surface area contributed by atoms with Crippen LogP contribution in [-0.4, -0.2) is 27.5 Å². The fourth-order valence-corrected chi connectivity index (χ4v) is 2.94. The average molecular weight is 297 g/mol. The third kappa shape index (κ3) is 3.41. The Hall–Kier alpha value is -1.23.